The highest BCUT2D eigenvalue weighted by atomic mass is 16.3. The monoisotopic (exact) mass is 252 g/mol. The molecule has 0 spiro atoms. The molecule has 4 nitrogen and oxygen atoms in total. The third kappa shape index (κ3) is 1.50. The third-order valence-corrected chi connectivity index (χ3v) is 3.17. The molecule has 0 unspecified atom stereocenters. The number of rotatable bonds is 1. The van der Waals surface area contributed by atoms with Crippen LogP contribution in [0.15, 0.2) is 36.4 Å². The van der Waals surface area contributed by atoms with Gasteiger partial charge in [0.05, 0.1) is 0 Å². The molecule has 0 aromatic heterocycles. The summed E-state index contributed by atoms with van der Waals surface area (Å²) >= 11 is 0. The predicted octanol–water partition coefficient (Wildman–Crippen LogP) is 1.98. The fraction of sp³-hybridized carbons (Fsp3) is 0. The summed E-state index contributed by atoms with van der Waals surface area (Å²) in [4.78, 5) is 35.7. The van der Waals surface area contributed by atoms with E-state index >= 15 is 0 Å². The molecular formula is C15H8O4. The lowest BCUT2D eigenvalue weighted by Gasteiger charge is -2.18. The van der Waals surface area contributed by atoms with Crippen molar-refractivity contribution in [2.45, 2.75) is 0 Å². The molecule has 0 heterocycles. The first-order valence-electron chi connectivity index (χ1n) is 5.64. The van der Waals surface area contributed by atoms with E-state index < -0.39 is 0 Å². The van der Waals surface area contributed by atoms with Crippen molar-refractivity contribution < 1.29 is 19.5 Å². The van der Waals surface area contributed by atoms with Gasteiger partial charge in [-0.2, -0.15) is 0 Å². The van der Waals surface area contributed by atoms with Gasteiger partial charge in [0.2, 0.25) is 0 Å². The molecule has 0 atom stereocenters. The van der Waals surface area contributed by atoms with Gasteiger partial charge in [0.25, 0.3) is 0 Å². The topological polar surface area (TPSA) is 71.4 Å². The number of benzene rings is 2. The first-order chi connectivity index (χ1) is 9.13. The fourth-order valence-corrected chi connectivity index (χ4v) is 2.33. The number of ketones is 2. The van der Waals surface area contributed by atoms with Gasteiger partial charge < -0.3 is 5.11 Å². The highest BCUT2D eigenvalue weighted by Crippen LogP contribution is 2.31. The van der Waals surface area contributed by atoms with E-state index in [4.69, 9.17) is 0 Å². The summed E-state index contributed by atoms with van der Waals surface area (Å²) in [6.45, 7) is 0. The van der Waals surface area contributed by atoms with E-state index in [2.05, 4.69) is 0 Å². The summed E-state index contributed by atoms with van der Waals surface area (Å²) < 4.78 is 0. The van der Waals surface area contributed by atoms with Crippen molar-refractivity contribution in [2.24, 2.45) is 0 Å². The minimum Gasteiger partial charge on any atom is -0.508 e. The smallest absolute Gasteiger partial charge is 0.195 e. The van der Waals surface area contributed by atoms with Crippen molar-refractivity contribution in [3.63, 3.8) is 0 Å². The number of hydrogen-bond donors (Lipinski definition) is 1. The van der Waals surface area contributed by atoms with Crippen molar-refractivity contribution in [3.8, 4) is 5.75 Å². The van der Waals surface area contributed by atoms with Crippen LogP contribution in [0, 0.1) is 0 Å². The van der Waals surface area contributed by atoms with Gasteiger partial charge in [-0.3, -0.25) is 14.4 Å². The van der Waals surface area contributed by atoms with Crippen molar-refractivity contribution in [1.82, 2.24) is 0 Å². The maximum absolute atomic E-state index is 12.4. The number of aromatic hydroxyl groups is 1. The zero-order valence-corrected chi connectivity index (χ0v) is 9.71. The number of carbonyl (C=O) groups excluding carboxylic acids is 3. The average Bonchev–Trinajstić information content (AvgIpc) is 2.43. The van der Waals surface area contributed by atoms with Crippen molar-refractivity contribution in [3.05, 3.63) is 64.2 Å². The van der Waals surface area contributed by atoms with Gasteiger partial charge in [-0.05, 0) is 12.1 Å². The molecule has 3 rings (SSSR count). The van der Waals surface area contributed by atoms with Crippen molar-refractivity contribution in [1.29, 1.82) is 0 Å². The maximum atomic E-state index is 12.4. The van der Waals surface area contributed by atoms with E-state index in [1.54, 1.807) is 24.3 Å². The molecule has 1 N–H and O–H groups in total. The molecule has 2 aromatic rings. The second kappa shape index (κ2) is 3.88. The first-order valence-corrected chi connectivity index (χ1v) is 5.64. The molecule has 19 heavy (non-hydrogen) atoms. The van der Waals surface area contributed by atoms with E-state index in [0.29, 0.717) is 11.8 Å². The largest absolute Gasteiger partial charge is 0.508 e. The van der Waals surface area contributed by atoms with Crippen molar-refractivity contribution in [2.75, 3.05) is 0 Å². The number of aldehydes is 1. The number of hydrogen-bond acceptors (Lipinski definition) is 4. The zero-order chi connectivity index (χ0) is 13.6. The predicted molar refractivity (Wildman–Crippen MR) is 66.8 cm³/mol. The van der Waals surface area contributed by atoms with E-state index in [9.17, 15) is 19.5 Å². The number of fused-ring (bicyclic) bond motifs is 2. The lowest BCUT2D eigenvalue weighted by atomic mass is 9.82. The van der Waals surface area contributed by atoms with Crippen molar-refractivity contribution >= 4 is 17.9 Å². The summed E-state index contributed by atoms with van der Waals surface area (Å²) in [6, 6.07) is 8.85. The Labute approximate surface area is 108 Å². The van der Waals surface area contributed by atoms with Gasteiger partial charge >= 0.3 is 0 Å². The van der Waals surface area contributed by atoms with Crippen LogP contribution < -0.4 is 0 Å². The fourth-order valence-electron chi connectivity index (χ4n) is 2.33. The molecule has 0 bridgehead atoms. The summed E-state index contributed by atoms with van der Waals surface area (Å²) in [7, 11) is 0. The third-order valence-electron chi connectivity index (χ3n) is 3.17. The summed E-state index contributed by atoms with van der Waals surface area (Å²) in [5.41, 5.74) is 0.751. The molecular weight excluding hydrogens is 244 g/mol. The van der Waals surface area contributed by atoms with E-state index in [1.165, 1.54) is 12.1 Å². The van der Waals surface area contributed by atoms with Crippen LogP contribution >= 0.6 is 0 Å². The Balaban J connectivity index is 2.39. The Kier molecular flexibility index (Phi) is 2.32. The standard InChI is InChI=1S/C15H8O4/c16-7-8-5-9(17)6-12-13(8)15(19)11-4-2-1-3-10(11)14(12)18/h1-7,17H. The van der Waals surface area contributed by atoms with Gasteiger partial charge in [-0.1, -0.05) is 24.3 Å². The Morgan fingerprint density at radius 3 is 2.16 bits per heavy atom. The Bertz CT molecular complexity index is 744. The summed E-state index contributed by atoms with van der Waals surface area (Å²) in [6.07, 6.45) is 0.470. The molecule has 1 aliphatic carbocycles. The molecule has 0 aliphatic heterocycles. The maximum Gasteiger partial charge on any atom is 0.195 e. The van der Waals surface area contributed by atoms with Gasteiger partial charge in [-0.25, -0.2) is 0 Å². The molecule has 0 fully saturated rings. The quantitative estimate of drug-likeness (QED) is 0.672. The van der Waals surface area contributed by atoms with Gasteiger partial charge in [-0.15, -0.1) is 0 Å². The minimum atomic E-state index is -0.368. The first kappa shape index (κ1) is 11.3. The zero-order valence-electron chi connectivity index (χ0n) is 9.71. The minimum absolute atomic E-state index is 0.0304. The number of phenols is 1. The summed E-state index contributed by atoms with van der Waals surface area (Å²) in [5.74, 6) is -0.933. The van der Waals surface area contributed by atoms with Crippen LogP contribution in [-0.2, 0) is 0 Å². The highest BCUT2D eigenvalue weighted by Gasteiger charge is 2.31. The number of phenolic OH excluding ortho intramolecular Hbond substituents is 1. The Morgan fingerprint density at radius 1 is 0.895 bits per heavy atom. The number of carbonyl (C=O) groups is 3. The summed E-state index contributed by atoms with van der Waals surface area (Å²) in [5, 5.41) is 9.53. The lowest BCUT2D eigenvalue weighted by molar-refractivity contribution is 0.0976. The van der Waals surface area contributed by atoms with E-state index in [-0.39, 0.29) is 39.6 Å². The van der Waals surface area contributed by atoms with Gasteiger partial charge in [0.15, 0.2) is 17.9 Å². The van der Waals surface area contributed by atoms with Crippen LogP contribution in [0.5, 0.6) is 5.75 Å². The van der Waals surface area contributed by atoms with Gasteiger partial charge in [0.1, 0.15) is 5.75 Å². The van der Waals surface area contributed by atoms with Crippen LogP contribution in [0.1, 0.15) is 42.2 Å². The highest BCUT2D eigenvalue weighted by molar-refractivity contribution is 6.30. The Morgan fingerprint density at radius 2 is 1.53 bits per heavy atom. The average molecular weight is 252 g/mol. The SMILES string of the molecule is O=Cc1cc(O)cc2c1C(=O)c1ccccc1C2=O. The molecule has 2 aromatic carbocycles. The van der Waals surface area contributed by atoms with E-state index in [0.717, 1.165) is 0 Å². The molecule has 0 amide bonds. The van der Waals surface area contributed by atoms with Crippen LogP contribution in [0.2, 0.25) is 0 Å². The normalized spacial score (nSPS) is 12.8. The molecule has 1 aliphatic rings. The van der Waals surface area contributed by atoms with Crippen LogP contribution in [0.4, 0.5) is 0 Å². The van der Waals surface area contributed by atoms with Gasteiger partial charge in [0, 0.05) is 27.8 Å². The Hall–Kier alpha value is -2.75. The van der Waals surface area contributed by atoms with Crippen LogP contribution in [0.25, 0.3) is 0 Å². The van der Waals surface area contributed by atoms with E-state index in [1.807, 2.05) is 0 Å². The molecule has 0 saturated heterocycles. The lowest BCUT2D eigenvalue weighted by Crippen LogP contribution is -2.22. The van der Waals surface area contributed by atoms with Crippen LogP contribution in [-0.4, -0.2) is 23.0 Å². The molecule has 92 valence electrons. The van der Waals surface area contributed by atoms with Crippen LogP contribution in [0.3, 0.4) is 0 Å². The molecule has 0 saturated carbocycles. The molecule has 0 radical (unpaired) electrons. The molecule has 4 heteroatoms. The second-order valence-electron chi connectivity index (χ2n) is 4.28. The second-order valence-corrected chi connectivity index (χ2v) is 4.28.